The Hall–Kier alpha value is -1.97. The third-order valence-electron chi connectivity index (χ3n) is 3.89. The molecule has 0 amide bonds. The number of nitrogens with zero attached hydrogens (tertiary/aromatic N) is 3. The van der Waals surface area contributed by atoms with E-state index < -0.39 is 0 Å². The largest absolute Gasteiger partial charge is 0.466 e. The van der Waals surface area contributed by atoms with E-state index in [9.17, 15) is 4.79 Å². The highest BCUT2D eigenvalue weighted by Gasteiger charge is 2.14. The average Bonchev–Trinajstić information content (AvgIpc) is 3.11. The minimum atomic E-state index is -0.275. The quantitative estimate of drug-likeness (QED) is 0.394. The van der Waals surface area contributed by atoms with E-state index in [2.05, 4.69) is 42.4 Å². The lowest BCUT2D eigenvalue weighted by atomic mass is 10.1. The summed E-state index contributed by atoms with van der Waals surface area (Å²) in [6.07, 6.45) is 1.95. The molecule has 1 saturated heterocycles. The lowest BCUT2D eigenvalue weighted by Gasteiger charge is -2.30. The van der Waals surface area contributed by atoms with Gasteiger partial charge in [0.2, 0.25) is 5.13 Å². The van der Waals surface area contributed by atoms with Crippen molar-refractivity contribution in [3.8, 4) is 0 Å². The first-order chi connectivity index (χ1) is 13.2. The monoisotopic (exact) mass is 452 g/mol. The molecule has 0 unspecified atom stereocenters. The van der Waals surface area contributed by atoms with E-state index in [-0.39, 0.29) is 12.4 Å². The molecule has 0 atom stereocenters. The van der Waals surface area contributed by atoms with Crippen LogP contribution in [0.15, 0.2) is 33.2 Å². The van der Waals surface area contributed by atoms with Crippen LogP contribution < -0.4 is 10.3 Å². The lowest BCUT2D eigenvalue weighted by molar-refractivity contribution is -0.142. The van der Waals surface area contributed by atoms with Crippen LogP contribution >= 0.6 is 27.3 Å². The number of benzene rings is 1. The normalized spacial score (nSPS) is 14.5. The van der Waals surface area contributed by atoms with Crippen LogP contribution in [-0.4, -0.2) is 50.1 Å². The van der Waals surface area contributed by atoms with Crippen molar-refractivity contribution >= 4 is 50.3 Å². The third-order valence-corrected chi connectivity index (χ3v) is 5.18. The standard InChI is InChI=1S/C18H21BrN4O3S/c1-2-26-17(24)10-15-12-27-18(21-15)22-20-11-13-3-4-14(19)9-16(13)23-5-7-25-8-6-23/h3-4,9,11-12H,2,5-8,10H2,1H3,(H,21,22). The number of hydrazone groups is 1. The summed E-state index contributed by atoms with van der Waals surface area (Å²) in [7, 11) is 0. The molecule has 1 aliphatic heterocycles. The first-order valence-electron chi connectivity index (χ1n) is 8.67. The molecule has 2 aromatic rings. The highest BCUT2D eigenvalue weighted by atomic mass is 79.9. The zero-order valence-corrected chi connectivity index (χ0v) is 17.4. The molecule has 1 aromatic carbocycles. The number of halogens is 1. The van der Waals surface area contributed by atoms with Gasteiger partial charge in [0, 0.05) is 34.2 Å². The second kappa shape index (κ2) is 9.82. The Morgan fingerprint density at radius 2 is 2.30 bits per heavy atom. The van der Waals surface area contributed by atoms with Crippen LogP contribution in [0.25, 0.3) is 0 Å². The van der Waals surface area contributed by atoms with Crippen molar-refractivity contribution in [2.75, 3.05) is 43.2 Å². The van der Waals surface area contributed by atoms with Gasteiger partial charge >= 0.3 is 5.97 Å². The van der Waals surface area contributed by atoms with Gasteiger partial charge in [-0.2, -0.15) is 5.10 Å². The van der Waals surface area contributed by atoms with E-state index in [1.54, 1.807) is 13.1 Å². The SMILES string of the molecule is CCOC(=O)Cc1csc(NN=Cc2ccc(Br)cc2N2CCOCC2)n1. The second-order valence-electron chi connectivity index (χ2n) is 5.80. The summed E-state index contributed by atoms with van der Waals surface area (Å²) in [6.45, 7) is 5.32. The number of aromatic nitrogens is 1. The zero-order chi connectivity index (χ0) is 19.1. The second-order valence-corrected chi connectivity index (χ2v) is 7.57. The summed E-state index contributed by atoms with van der Waals surface area (Å²) < 4.78 is 11.4. The maximum absolute atomic E-state index is 11.5. The molecule has 1 aliphatic rings. The Balaban J connectivity index is 1.64. The number of anilines is 2. The molecule has 0 bridgehead atoms. The van der Waals surface area contributed by atoms with Crippen molar-refractivity contribution < 1.29 is 14.3 Å². The molecule has 7 nitrogen and oxygen atoms in total. The maximum Gasteiger partial charge on any atom is 0.311 e. The topological polar surface area (TPSA) is 76.0 Å². The molecular formula is C18H21BrN4O3S. The molecular weight excluding hydrogens is 432 g/mol. The Labute approximate surface area is 170 Å². The fourth-order valence-electron chi connectivity index (χ4n) is 2.66. The van der Waals surface area contributed by atoms with Crippen LogP contribution in [0.2, 0.25) is 0 Å². The lowest BCUT2D eigenvalue weighted by Crippen LogP contribution is -2.36. The van der Waals surface area contributed by atoms with Gasteiger partial charge < -0.3 is 14.4 Å². The summed E-state index contributed by atoms with van der Waals surface area (Å²) in [5.41, 5.74) is 5.73. The highest BCUT2D eigenvalue weighted by molar-refractivity contribution is 9.10. The molecule has 27 heavy (non-hydrogen) atoms. The first-order valence-corrected chi connectivity index (χ1v) is 10.3. The van der Waals surface area contributed by atoms with Gasteiger partial charge in [-0.15, -0.1) is 11.3 Å². The fraction of sp³-hybridized carbons (Fsp3) is 0.389. The zero-order valence-electron chi connectivity index (χ0n) is 15.0. The van der Waals surface area contributed by atoms with Gasteiger partial charge in [0.15, 0.2) is 0 Å². The van der Waals surface area contributed by atoms with Gasteiger partial charge in [-0.3, -0.25) is 10.2 Å². The maximum atomic E-state index is 11.5. The number of thiazole rings is 1. The van der Waals surface area contributed by atoms with Crippen LogP contribution in [0.3, 0.4) is 0 Å². The van der Waals surface area contributed by atoms with Crippen LogP contribution in [0.5, 0.6) is 0 Å². The van der Waals surface area contributed by atoms with Gasteiger partial charge in [-0.25, -0.2) is 4.98 Å². The summed E-state index contributed by atoms with van der Waals surface area (Å²) in [5.74, 6) is -0.275. The molecule has 1 aromatic heterocycles. The number of nitrogens with one attached hydrogen (secondary N) is 1. The molecule has 0 spiro atoms. The van der Waals surface area contributed by atoms with Gasteiger partial charge in [-0.05, 0) is 19.1 Å². The molecule has 0 aliphatic carbocycles. The van der Waals surface area contributed by atoms with E-state index >= 15 is 0 Å². The summed E-state index contributed by atoms with van der Waals surface area (Å²) in [5, 5.41) is 6.77. The first kappa shape index (κ1) is 19.8. The number of ether oxygens (including phenoxy) is 2. The van der Waals surface area contributed by atoms with Gasteiger partial charge in [0.25, 0.3) is 0 Å². The fourth-order valence-corrected chi connectivity index (χ4v) is 3.67. The Kier molecular flexibility index (Phi) is 7.19. The molecule has 1 N–H and O–H groups in total. The predicted molar refractivity (Wildman–Crippen MR) is 111 cm³/mol. The van der Waals surface area contributed by atoms with Crippen LogP contribution in [0.1, 0.15) is 18.2 Å². The third kappa shape index (κ3) is 5.75. The van der Waals surface area contributed by atoms with Crippen LogP contribution in [-0.2, 0) is 20.7 Å². The van der Waals surface area contributed by atoms with Crippen molar-refractivity contribution in [3.05, 3.63) is 39.3 Å². The molecule has 3 rings (SSSR count). The minimum Gasteiger partial charge on any atom is -0.466 e. The van der Waals surface area contributed by atoms with E-state index in [1.807, 2.05) is 17.5 Å². The van der Waals surface area contributed by atoms with Crippen molar-refractivity contribution in [1.82, 2.24) is 4.98 Å². The number of morpholine rings is 1. The van der Waals surface area contributed by atoms with Gasteiger partial charge in [0.1, 0.15) is 0 Å². The minimum absolute atomic E-state index is 0.170. The van der Waals surface area contributed by atoms with Gasteiger partial charge in [-0.1, -0.05) is 22.0 Å². The number of carbonyl (C=O) groups is 1. The smallest absolute Gasteiger partial charge is 0.311 e. The van der Waals surface area contributed by atoms with Crippen LogP contribution in [0.4, 0.5) is 10.8 Å². The molecule has 0 saturated carbocycles. The van der Waals surface area contributed by atoms with Crippen molar-refractivity contribution in [1.29, 1.82) is 0 Å². The van der Waals surface area contributed by atoms with Crippen molar-refractivity contribution in [3.63, 3.8) is 0 Å². The van der Waals surface area contributed by atoms with Gasteiger partial charge in [0.05, 0.1) is 38.1 Å². The number of hydrogen-bond acceptors (Lipinski definition) is 8. The Morgan fingerprint density at radius 1 is 1.48 bits per heavy atom. The summed E-state index contributed by atoms with van der Waals surface area (Å²) >= 11 is 4.94. The average molecular weight is 453 g/mol. The van der Waals surface area contributed by atoms with E-state index in [0.717, 1.165) is 42.0 Å². The van der Waals surface area contributed by atoms with E-state index in [4.69, 9.17) is 9.47 Å². The van der Waals surface area contributed by atoms with E-state index in [0.29, 0.717) is 17.4 Å². The molecule has 2 heterocycles. The Bertz CT molecular complexity index is 806. The molecule has 144 valence electrons. The highest BCUT2D eigenvalue weighted by Crippen LogP contribution is 2.25. The Morgan fingerprint density at radius 3 is 3.07 bits per heavy atom. The number of esters is 1. The summed E-state index contributed by atoms with van der Waals surface area (Å²) in [6, 6.07) is 6.10. The van der Waals surface area contributed by atoms with Crippen molar-refractivity contribution in [2.45, 2.75) is 13.3 Å². The number of hydrogen-bond donors (Lipinski definition) is 1. The number of rotatable bonds is 7. The molecule has 9 heteroatoms. The molecule has 1 fully saturated rings. The van der Waals surface area contributed by atoms with Crippen LogP contribution in [0, 0.1) is 0 Å². The summed E-state index contributed by atoms with van der Waals surface area (Å²) in [4.78, 5) is 18.1. The van der Waals surface area contributed by atoms with Crippen molar-refractivity contribution in [2.24, 2.45) is 5.10 Å². The predicted octanol–water partition coefficient (Wildman–Crippen LogP) is 3.29. The number of carbonyl (C=O) groups excluding carboxylic acids is 1. The van der Waals surface area contributed by atoms with E-state index in [1.165, 1.54) is 11.3 Å². The molecule has 0 radical (unpaired) electrons.